The second-order valence-corrected chi connectivity index (χ2v) is 7.28. The fraction of sp³-hybridized carbons (Fsp3) is 0.667. The molecule has 120 valence electrons. The third kappa shape index (κ3) is 3.42. The zero-order valence-corrected chi connectivity index (χ0v) is 12.7. The molecule has 0 spiro atoms. The Bertz CT molecular complexity index is 461. The molecule has 0 aromatic rings. The molecule has 0 amide bonds. The smallest absolute Gasteiger partial charge is 0.303 e. The highest BCUT2D eigenvalue weighted by molar-refractivity contribution is 5.67. The summed E-state index contributed by atoms with van der Waals surface area (Å²) in [4.78, 5) is 20.8. The van der Waals surface area contributed by atoms with Crippen LogP contribution < -0.4 is 0 Å². The lowest BCUT2D eigenvalue weighted by Gasteiger charge is -2.14. The first kappa shape index (κ1) is 15.3. The molecule has 4 bridgehead atoms. The van der Waals surface area contributed by atoms with Crippen LogP contribution in [0.2, 0.25) is 0 Å². The van der Waals surface area contributed by atoms with Gasteiger partial charge in [-0.15, -0.1) is 0 Å². The number of hydrogen-bond donors (Lipinski definition) is 2. The molecule has 22 heavy (non-hydrogen) atoms. The van der Waals surface area contributed by atoms with E-state index in [4.69, 9.17) is 10.2 Å². The lowest BCUT2D eigenvalue weighted by molar-refractivity contribution is -0.139. The minimum atomic E-state index is -0.643. The van der Waals surface area contributed by atoms with Crippen molar-refractivity contribution >= 4 is 11.9 Å². The van der Waals surface area contributed by atoms with E-state index in [1.165, 1.54) is 12.8 Å². The molecule has 2 fully saturated rings. The first-order chi connectivity index (χ1) is 10.5. The number of carboxylic acids is 2. The normalized spacial score (nSPS) is 39.8. The molecule has 0 unspecified atom stereocenters. The molecular formula is C18H24O4. The van der Waals surface area contributed by atoms with Gasteiger partial charge in [-0.05, 0) is 61.2 Å². The summed E-state index contributed by atoms with van der Waals surface area (Å²) < 4.78 is 0. The summed E-state index contributed by atoms with van der Waals surface area (Å²) in [6.45, 7) is 0. The van der Waals surface area contributed by atoms with Gasteiger partial charge < -0.3 is 10.2 Å². The first-order valence-electron chi connectivity index (χ1n) is 8.31. The van der Waals surface area contributed by atoms with Crippen molar-refractivity contribution in [2.45, 2.75) is 38.5 Å². The predicted octanol–water partition coefficient (Wildman–Crippen LogP) is 3.35. The molecule has 6 atom stereocenters. The summed E-state index contributed by atoms with van der Waals surface area (Å²) in [5.41, 5.74) is 0. The molecule has 0 aromatic heterocycles. The van der Waals surface area contributed by atoms with Gasteiger partial charge in [-0.3, -0.25) is 9.59 Å². The number of fused-ring (bicyclic) bond motifs is 4. The molecule has 0 aliphatic heterocycles. The van der Waals surface area contributed by atoms with Crippen LogP contribution in [0.5, 0.6) is 0 Å². The van der Waals surface area contributed by atoms with Crippen molar-refractivity contribution in [2.75, 3.05) is 0 Å². The molecule has 0 aromatic carbocycles. The summed E-state index contributed by atoms with van der Waals surface area (Å²) in [5.74, 6) is 2.14. The topological polar surface area (TPSA) is 74.6 Å². The summed E-state index contributed by atoms with van der Waals surface area (Å²) in [5, 5.41) is 17.2. The van der Waals surface area contributed by atoms with Crippen molar-refractivity contribution in [1.82, 2.24) is 0 Å². The maximum Gasteiger partial charge on any atom is 0.303 e. The Morgan fingerprint density at radius 1 is 0.727 bits per heavy atom. The zero-order chi connectivity index (χ0) is 15.7. The van der Waals surface area contributed by atoms with E-state index < -0.39 is 11.9 Å². The van der Waals surface area contributed by atoms with Crippen LogP contribution in [-0.2, 0) is 9.59 Å². The van der Waals surface area contributed by atoms with Crippen LogP contribution in [0.25, 0.3) is 0 Å². The Balaban J connectivity index is 0.000000131. The quantitative estimate of drug-likeness (QED) is 0.781. The van der Waals surface area contributed by atoms with E-state index >= 15 is 0 Å². The van der Waals surface area contributed by atoms with Crippen LogP contribution in [0, 0.1) is 35.5 Å². The molecule has 2 saturated carbocycles. The first-order valence-corrected chi connectivity index (χ1v) is 8.31. The number of rotatable bonds is 4. The molecule has 4 heteroatoms. The number of aliphatic carboxylic acids is 2. The van der Waals surface area contributed by atoms with Gasteiger partial charge in [-0.1, -0.05) is 24.3 Å². The highest BCUT2D eigenvalue weighted by Crippen LogP contribution is 2.45. The third-order valence-electron chi connectivity index (χ3n) is 5.71. The maximum absolute atomic E-state index is 10.4. The van der Waals surface area contributed by atoms with Crippen molar-refractivity contribution in [3.8, 4) is 0 Å². The molecular weight excluding hydrogens is 280 g/mol. The number of allylic oxidation sites excluding steroid dienone is 4. The lowest BCUT2D eigenvalue weighted by atomic mass is 9.91. The average Bonchev–Trinajstić information content (AvgIpc) is 3.18. The van der Waals surface area contributed by atoms with Crippen LogP contribution >= 0.6 is 0 Å². The van der Waals surface area contributed by atoms with Gasteiger partial charge in [0.2, 0.25) is 0 Å². The minimum absolute atomic E-state index is 0.367. The number of carboxylic acid groups (broad SMARTS) is 2. The van der Waals surface area contributed by atoms with Crippen molar-refractivity contribution in [3.63, 3.8) is 0 Å². The van der Waals surface area contributed by atoms with Gasteiger partial charge in [0.1, 0.15) is 0 Å². The fourth-order valence-corrected chi connectivity index (χ4v) is 4.71. The van der Waals surface area contributed by atoms with Gasteiger partial charge in [-0.2, -0.15) is 0 Å². The average molecular weight is 304 g/mol. The van der Waals surface area contributed by atoms with Crippen molar-refractivity contribution in [1.29, 1.82) is 0 Å². The maximum atomic E-state index is 10.4. The molecule has 2 N–H and O–H groups in total. The largest absolute Gasteiger partial charge is 0.481 e. The summed E-state index contributed by atoms with van der Waals surface area (Å²) in [7, 11) is 0. The van der Waals surface area contributed by atoms with Crippen LogP contribution in [0.3, 0.4) is 0 Å². The number of carbonyl (C=O) groups is 2. The Kier molecular flexibility index (Phi) is 4.37. The van der Waals surface area contributed by atoms with Gasteiger partial charge in [0.25, 0.3) is 0 Å². The minimum Gasteiger partial charge on any atom is -0.481 e. The van der Waals surface area contributed by atoms with E-state index in [0.29, 0.717) is 48.3 Å². The van der Waals surface area contributed by atoms with Crippen LogP contribution in [0.15, 0.2) is 24.3 Å². The van der Waals surface area contributed by atoms with Gasteiger partial charge in [0.15, 0.2) is 0 Å². The molecule has 4 rings (SSSR count). The Hall–Kier alpha value is -1.58. The molecule has 0 saturated heterocycles. The second-order valence-electron chi connectivity index (χ2n) is 7.28. The SMILES string of the molecule is O=C(O)C[C@@H]1C[C@@H]2C=C[C@H]1C2.O=C(O)C[C@H]1C[C@H]2C=C[C@@H]1C2. The molecule has 4 aliphatic rings. The van der Waals surface area contributed by atoms with Crippen LogP contribution in [-0.4, -0.2) is 22.2 Å². The lowest BCUT2D eigenvalue weighted by Crippen LogP contribution is -2.11. The van der Waals surface area contributed by atoms with Gasteiger partial charge >= 0.3 is 11.9 Å². The van der Waals surface area contributed by atoms with Crippen molar-refractivity contribution in [2.24, 2.45) is 35.5 Å². The van der Waals surface area contributed by atoms with Gasteiger partial charge in [0.05, 0.1) is 0 Å². The molecule has 4 nitrogen and oxygen atoms in total. The van der Waals surface area contributed by atoms with Crippen LogP contribution in [0.1, 0.15) is 38.5 Å². The van der Waals surface area contributed by atoms with E-state index in [1.807, 2.05) is 0 Å². The Morgan fingerprint density at radius 2 is 1.14 bits per heavy atom. The van der Waals surface area contributed by atoms with Gasteiger partial charge in [-0.25, -0.2) is 0 Å². The summed E-state index contributed by atoms with van der Waals surface area (Å²) in [6, 6.07) is 0. The second kappa shape index (κ2) is 6.27. The number of hydrogen-bond acceptors (Lipinski definition) is 2. The van der Waals surface area contributed by atoms with E-state index in [9.17, 15) is 9.59 Å². The fourth-order valence-electron chi connectivity index (χ4n) is 4.71. The highest BCUT2D eigenvalue weighted by Gasteiger charge is 2.37. The molecule has 0 heterocycles. The zero-order valence-electron chi connectivity index (χ0n) is 12.7. The summed E-state index contributed by atoms with van der Waals surface area (Å²) >= 11 is 0. The molecule has 4 aliphatic carbocycles. The molecule has 0 radical (unpaired) electrons. The summed E-state index contributed by atoms with van der Waals surface area (Å²) in [6.07, 6.45) is 14.2. The van der Waals surface area contributed by atoms with Gasteiger partial charge in [0, 0.05) is 12.8 Å². The van der Waals surface area contributed by atoms with Crippen molar-refractivity contribution < 1.29 is 19.8 Å². The Morgan fingerprint density at radius 3 is 1.36 bits per heavy atom. The van der Waals surface area contributed by atoms with E-state index in [2.05, 4.69) is 24.3 Å². The third-order valence-corrected chi connectivity index (χ3v) is 5.71. The van der Waals surface area contributed by atoms with Crippen molar-refractivity contribution in [3.05, 3.63) is 24.3 Å². The highest BCUT2D eigenvalue weighted by atomic mass is 16.4. The monoisotopic (exact) mass is 304 g/mol. The van der Waals surface area contributed by atoms with E-state index in [-0.39, 0.29) is 0 Å². The standard InChI is InChI=1S/2C9H12O2/c2*10-9(11)5-8-4-6-1-2-7(8)3-6/h2*1-2,6-8H,3-5H2,(H,10,11)/t2*6-,7+,8+/m10/s1. The van der Waals surface area contributed by atoms with Crippen LogP contribution in [0.4, 0.5) is 0 Å². The predicted molar refractivity (Wildman–Crippen MR) is 82.2 cm³/mol. The van der Waals surface area contributed by atoms with E-state index in [0.717, 1.165) is 12.8 Å². The van der Waals surface area contributed by atoms with E-state index in [1.54, 1.807) is 0 Å². The Labute approximate surface area is 130 Å².